The van der Waals surface area contributed by atoms with Gasteiger partial charge in [-0.05, 0) is 18.6 Å². The molecule has 0 bridgehead atoms. The van der Waals surface area contributed by atoms with Crippen molar-refractivity contribution < 1.29 is 9.59 Å². The van der Waals surface area contributed by atoms with E-state index in [1.807, 2.05) is 49.4 Å². The van der Waals surface area contributed by atoms with E-state index in [0.29, 0.717) is 15.7 Å². The van der Waals surface area contributed by atoms with Crippen molar-refractivity contribution in [1.29, 1.82) is 0 Å². The molecule has 2 aromatic carbocycles. The highest BCUT2D eigenvalue weighted by Gasteiger charge is 2.12. The molecule has 3 rings (SSSR count). The van der Waals surface area contributed by atoms with Crippen LogP contribution in [-0.2, 0) is 4.79 Å². The fourth-order valence-corrected chi connectivity index (χ4v) is 4.89. The number of Topliss-reactive ketones (excluding diaryl/α,β-unsaturated/α-hetero) is 1. The second kappa shape index (κ2) is 9.68. The van der Waals surface area contributed by atoms with Crippen molar-refractivity contribution in [2.45, 2.75) is 15.6 Å². The number of ketones is 1. The van der Waals surface area contributed by atoms with Crippen molar-refractivity contribution in [3.8, 4) is 0 Å². The fraction of sp³-hybridized carbons (Fsp3) is 0.158. The van der Waals surface area contributed by atoms with E-state index >= 15 is 0 Å². The van der Waals surface area contributed by atoms with Gasteiger partial charge in [-0.1, -0.05) is 83.4 Å². The summed E-state index contributed by atoms with van der Waals surface area (Å²) in [5.41, 5.74) is 2.53. The van der Waals surface area contributed by atoms with E-state index < -0.39 is 0 Å². The Morgan fingerprint density at radius 2 is 1.56 bits per heavy atom. The predicted octanol–water partition coefficient (Wildman–Crippen LogP) is 4.55. The van der Waals surface area contributed by atoms with Gasteiger partial charge in [-0.3, -0.25) is 9.59 Å². The van der Waals surface area contributed by atoms with Crippen molar-refractivity contribution in [2.75, 3.05) is 16.8 Å². The zero-order valence-electron chi connectivity index (χ0n) is 14.5. The maximum atomic E-state index is 12.1. The third-order valence-corrected chi connectivity index (χ3v) is 6.75. The quantitative estimate of drug-likeness (QED) is 0.430. The van der Waals surface area contributed by atoms with Crippen LogP contribution in [0.25, 0.3) is 0 Å². The van der Waals surface area contributed by atoms with Gasteiger partial charge in [0, 0.05) is 11.3 Å². The number of carbonyl (C=O) groups is 2. The molecule has 138 valence electrons. The maximum Gasteiger partial charge on any atom is 0.234 e. The van der Waals surface area contributed by atoms with Crippen LogP contribution in [0.2, 0.25) is 0 Å². The summed E-state index contributed by atoms with van der Waals surface area (Å²) in [6.45, 7) is 1.95. The predicted molar refractivity (Wildman–Crippen MR) is 112 cm³/mol. The summed E-state index contributed by atoms with van der Waals surface area (Å²) in [4.78, 5) is 24.2. The highest BCUT2D eigenvalue weighted by atomic mass is 32.2. The number of nitrogens with one attached hydrogen (secondary N) is 1. The molecule has 1 N–H and O–H groups in total. The standard InChI is InChI=1S/C19H17N3O2S3/c1-13-7-5-6-10-15(13)20-17(24)12-26-19-22-21-18(27-19)25-11-16(23)14-8-3-2-4-9-14/h2-10H,11-12H2,1H3,(H,20,24). The molecule has 1 heterocycles. The van der Waals surface area contributed by atoms with Crippen LogP contribution in [0.3, 0.4) is 0 Å². The molecule has 0 radical (unpaired) electrons. The molecule has 1 aromatic heterocycles. The summed E-state index contributed by atoms with van der Waals surface area (Å²) in [5, 5.41) is 11.1. The van der Waals surface area contributed by atoms with Gasteiger partial charge in [0.15, 0.2) is 14.5 Å². The second-order valence-corrected chi connectivity index (χ2v) is 8.99. The van der Waals surface area contributed by atoms with Crippen LogP contribution in [0.5, 0.6) is 0 Å². The van der Waals surface area contributed by atoms with Crippen LogP contribution in [0.1, 0.15) is 15.9 Å². The van der Waals surface area contributed by atoms with Crippen molar-refractivity contribution in [3.05, 3.63) is 65.7 Å². The Morgan fingerprint density at radius 1 is 0.926 bits per heavy atom. The third-order valence-electron chi connectivity index (χ3n) is 3.56. The molecule has 0 aliphatic heterocycles. The fourth-order valence-electron chi connectivity index (χ4n) is 2.18. The minimum Gasteiger partial charge on any atom is -0.325 e. The molecule has 0 saturated carbocycles. The van der Waals surface area contributed by atoms with Gasteiger partial charge in [0.1, 0.15) is 0 Å². The van der Waals surface area contributed by atoms with E-state index in [1.54, 1.807) is 12.1 Å². The van der Waals surface area contributed by atoms with Gasteiger partial charge in [-0.2, -0.15) is 0 Å². The Bertz CT molecular complexity index is 929. The average molecular weight is 416 g/mol. The molecule has 0 fully saturated rings. The molecule has 0 unspecified atom stereocenters. The molecule has 8 heteroatoms. The van der Waals surface area contributed by atoms with E-state index in [-0.39, 0.29) is 17.4 Å². The number of carbonyl (C=O) groups excluding carboxylic acids is 2. The normalized spacial score (nSPS) is 10.6. The Labute approximate surface area is 170 Å². The largest absolute Gasteiger partial charge is 0.325 e. The summed E-state index contributed by atoms with van der Waals surface area (Å²) < 4.78 is 1.44. The first-order chi connectivity index (χ1) is 13.1. The molecule has 1 amide bonds. The lowest BCUT2D eigenvalue weighted by molar-refractivity contribution is -0.113. The Morgan fingerprint density at radius 3 is 2.26 bits per heavy atom. The van der Waals surface area contributed by atoms with Crippen LogP contribution >= 0.6 is 34.9 Å². The number of hydrogen-bond acceptors (Lipinski definition) is 7. The summed E-state index contributed by atoms with van der Waals surface area (Å²) in [7, 11) is 0. The van der Waals surface area contributed by atoms with Crippen LogP contribution < -0.4 is 5.32 Å². The topological polar surface area (TPSA) is 72.0 Å². The lowest BCUT2D eigenvalue weighted by Gasteiger charge is -2.06. The number of thioether (sulfide) groups is 2. The lowest BCUT2D eigenvalue weighted by atomic mass is 10.2. The molecule has 0 aliphatic carbocycles. The molecule has 5 nitrogen and oxygen atoms in total. The molecule has 0 saturated heterocycles. The molecule has 0 atom stereocenters. The number of hydrogen-bond donors (Lipinski definition) is 1. The molecule has 27 heavy (non-hydrogen) atoms. The Balaban J connectivity index is 1.46. The Kier molecular flexibility index (Phi) is 7.03. The smallest absolute Gasteiger partial charge is 0.234 e. The maximum absolute atomic E-state index is 12.1. The molecular formula is C19H17N3O2S3. The molecule has 3 aromatic rings. The van der Waals surface area contributed by atoms with E-state index in [9.17, 15) is 9.59 Å². The van der Waals surface area contributed by atoms with Gasteiger partial charge in [0.2, 0.25) is 5.91 Å². The number of benzene rings is 2. The van der Waals surface area contributed by atoms with Crippen molar-refractivity contribution in [3.63, 3.8) is 0 Å². The van der Waals surface area contributed by atoms with Gasteiger partial charge >= 0.3 is 0 Å². The van der Waals surface area contributed by atoms with Crippen molar-refractivity contribution in [1.82, 2.24) is 10.2 Å². The van der Waals surface area contributed by atoms with Crippen LogP contribution in [0.4, 0.5) is 5.69 Å². The van der Waals surface area contributed by atoms with Crippen LogP contribution in [0, 0.1) is 6.92 Å². The van der Waals surface area contributed by atoms with Gasteiger partial charge in [-0.25, -0.2) is 0 Å². The Hall–Kier alpha value is -2.16. The van der Waals surface area contributed by atoms with Crippen molar-refractivity contribution in [2.24, 2.45) is 0 Å². The third kappa shape index (κ3) is 5.92. The summed E-state index contributed by atoms with van der Waals surface area (Å²) in [6.07, 6.45) is 0. The first kappa shape index (κ1) is 19.6. The number of amides is 1. The van der Waals surface area contributed by atoms with Crippen molar-refractivity contribution >= 4 is 52.2 Å². The zero-order valence-corrected chi connectivity index (χ0v) is 17.0. The first-order valence-corrected chi connectivity index (χ1v) is 10.9. The molecular weight excluding hydrogens is 398 g/mol. The second-order valence-electron chi connectivity index (χ2n) is 5.56. The van der Waals surface area contributed by atoms with Crippen LogP contribution in [-0.4, -0.2) is 33.4 Å². The van der Waals surface area contributed by atoms with Gasteiger partial charge in [0.05, 0.1) is 11.5 Å². The minimum absolute atomic E-state index is 0.0580. The van der Waals surface area contributed by atoms with E-state index in [0.717, 1.165) is 15.6 Å². The van der Waals surface area contributed by atoms with E-state index in [1.165, 1.54) is 34.9 Å². The highest BCUT2D eigenvalue weighted by Crippen LogP contribution is 2.29. The van der Waals surface area contributed by atoms with Gasteiger partial charge < -0.3 is 5.32 Å². The van der Waals surface area contributed by atoms with Crippen LogP contribution in [0.15, 0.2) is 63.3 Å². The van der Waals surface area contributed by atoms with E-state index in [4.69, 9.17) is 0 Å². The summed E-state index contributed by atoms with van der Waals surface area (Å²) >= 11 is 4.10. The first-order valence-electron chi connectivity index (χ1n) is 8.14. The number of para-hydroxylation sites is 1. The molecule has 0 spiro atoms. The lowest BCUT2D eigenvalue weighted by Crippen LogP contribution is -2.14. The average Bonchev–Trinajstić information content (AvgIpc) is 3.15. The number of aromatic nitrogens is 2. The number of nitrogens with zero attached hydrogens (tertiary/aromatic N) is 2. The summed E-state index contributed by atoms with van der Waals surface area (Å²) in [6, 6.07) is 16.8. The minimum atomic E-state index is -0.0852. The van der Waals surface area contributed by atoms with Gasteiger partial charge in [-0.15, -0.1) is 10.2 Å². The highest BCUT2D eigenvalue weighted by molar-refractivity contribution is 8.03. The summed E-state index contributed by atoms with van der Waals surface area (Å²) in [5.74, 6) is 0.550. The number of rotatable bonds is 8. The monoisotopic (exact) mass is 415 g/mol. The van der Waals surface area contributed by atoms with Gasteiger partial charge in [0.25, 0.3) is 0 Å². The number of aryl methyl sites for hydroxylation is 1. The molecule has 0 aliphatic rings. The SMILES string of the molecule is Cc1ccccc1NC(=O)CSc1nnc(SCC(=O)c2ccccc2)s1. The van der Waals surface area contributed by atoms with E-state index in [2.05, 4.69) is 15.5 Å². The zero-order chi connectivity index (χ0) is 19.1. The number of anilines is 1.